The summed E-state index contributed by atoms with van der Waals surface area (Å²) < 4.78 is 0. The van der Waals surface area contributed by atoms with Gasteiger partial charge in [-0.3, -0.25) is 34.7 Å². The van der Waals surface area contributed by atoms with Gasteiger partial charge in [-0.05, 0) is 18.2 Å². The highest BCUT2D eigenvalue weighted by molar-refractivity contribution is 7.99. The minimum atomic E-state index is -0.626. The van der Waals surface area contributed by atoms with Gasteiger partial charge in [0.2, 0.25) is 17.0 Å². The molecule has 1 aliphatic rings. The number of thioether (sulfide) groups is 1. The Hall–Kier alpha value is -3.28. The number of benzene rings is 1. The number of amides is 3. The standard InChI is InChI=1S/C16H16N6O5S/c1-2-28-16-18-15(19-20-16)17-12(23)4-3-7-21-13(24)10-6-5-9(22(26)27)8-11(10)14(21)25/h5-6,8H,2-4,7H2,1H3,(H2,17,18,19,20,23). The van der Waals surface area contributed by atoms with Gasteiger partial charge in [-0.1, -0.05) is 18.7 Å². The molecule has 0 bridgehead atoms. The zero-order valence-electron chi connectivity index (χ0n) is 14.8. The number of nitrogens with one attached hydrogen (secondary N) is 2. The summed E-state index contributed by atoms with van der Waals surface area (Å²) >= 11 is 1.43. The number of carbonyl (C=O) groups is 3. The molecule has 146 valence electrons. The fraction of sp³-hybridized carbons (Fsp3) is 0.312. The normalized spacial score (nSPS) is 13.0. The molecule has 1 aromatic heterocycles. The monoisotopic (exact) mass is 404 g/mol. The van der Waals surface area contributed by atoms with E-state index in [0.717, 1.165) is 16.7 Å². The molecule has 2 heterocycles. The number of nitro groups is 1. The highest BCUT2D eigenvalue weighted by Gasteiger charge is 2.36. The molecule has 28 heavy (non-hydrogen) atoms. The van der Waals surface area contributed by atoms with Crippen molar-refractivity contribution < 1.29 is 19.3 Å². The number of aromatic amines is 1. The number of H-pyrrole nitrogens is 1. The van der Waals surface area contributed by atoms with E-state index in [4.69, 9.17) is 0 Å². The Morgan fingerprint density at radius 2 is 2.07 bits per heavy atom. The number of fused-ring (bicyclic) bond motifs is 1. The van der Waals surface area contributed by atoms with Gasteiger partial charge in [-0.15, -0.1) is 5.10 Å². The fourth-order valence-electron chi connectivity index (χ4n) is 2.68. The Balaban J connectivity index is 1.54. The molecule has 0 atom stereocenters. The summed E-state index contributed by atoms with van der Waals surface area (Å²) in [7, 11) is 0. The van der Waals surface area contributed by atoms with Gasteiger partial charge in [0.1, 0.15) is 0 Å². The number of nitro benzene ring substituents is 1. The molecule has 0 unspecified atom stereocenters. The number of rotatable bonds is 8. The number of non-ortho nitro benzene ring substituents is 1. The van der Waals surface area contributed by atoms with Gasteiger partial charge in [0.15, 0.2) is 0 Å². The lowest BCUT2D eigenvalue weighted by Crippen LogP contribution is -2.31. The molecule has 0 radical (unpaired) electrons. The number of aromatic nitrogens is 3. The molecule has 3 rings (SSSR count). The maximum atomic E-state index is 12.4. The van der Waals surface area contributed by atoms with Gasteiger partial charge in [0.25, 0.3) is 17.5 Å². The van der Waals surface area contributed by atoms with E-state index >= 15 is 0 Å². The molecule has 0 aliphatic carbocycles. The van der Waals surface area contributed by atoms with E-state index in [1.165, 1.54) is 23.9 Å². The lowest BCUT2D eigenvalue weighted by Gasteiger charge is -2.13. The molecule has 2 N–H and O–H groups in total. The van der Waals surface area contributed by atoms with Crippen LogP contribution in [0, 0.1) is 10.1 Å². The molecule has 2 aromatic rings. The lowest BCUT2D eigenvalue weighted by atomic mass is 10.1. The predicted octanol–water partition coefficient (Wildman–Crippen LogP) is 1.84. The summed E-state index contributed by atoms with van der Waals surface area (Å²) in [5, 5.41) is 20.5. The molecule has 1 aliphatic heterocycles. The van der Waals surface area contributed by atoms with Gasteiger partial charge >= 0.3 is 0 Å². The topological polar surface area (TPSA) is 151 Å². The second kappa shape index (κ2) is 8.17. The highest BCUT2D eigenvalue weighted by Crippen LogP contribution is 2.27. The second-order valence-corrected chi connectivity index (χ2v) is 7.03. The third kappa shape index (κ3) is 4.01. The minimum absolute atomic E-state index is 0.00580. The average Bonchev–Trinajstić information content (AvgIpc) is 3.19. The summed E-state index contributed by atoms with van der Waals surface area (Å²) in [5.74, 6) is -0.424. The maximum absolute atomic E-state index is 12.4. The van der Waals surface area contributed by atoms with Crippen LogP contribution in [-0.2, 0) is 4.79 Å². The van der Waals surface area contributed by atoms with E-state index < -0.39 is 16.7 Å². The molecule has 0 saturated carbocycles. The molecular formula is C16H16N6O5S. The first-order chi connectivity index (χ1) is 13.4. The van der Waals surface area contributed by atoms with Crippen LogP contribution in [0.25, 0.3) is 0 Å². The van der Waals surface area contributed by atoms with Crippen LogP contribution in [0.1, 0.15) is 40.5 Å². The second-order valence-electron chi connectivity index (χ2n) is 5.80. The van der Waals surface area contributed by atoms with E-state index in [1.54, 1.807) is 0 Å². The Bertz CT molecular complexity index is 959. The van der Waals surface area contributed by atoms with Crippen LogP contribution in [-0.4, -0.2) is 55.0 Å². The highest BCUT2D eigenvalue weighted by atomic mass is 32.2. The first-order valence-electron chi connectivity index (χ1n) is 8.40. The Kier molecular flexibility index (Phi) is 5.68. The third-order valence-electron chi connectivity index (χ3n) is 3.95. The quantitative estimate of drug-likeness (QED) is 0.293. The number of nitrogens with zero attached hydrogens (tertiary/aromatic N) is 4. The van der Waals surface area contributed by atoms with Crippen molar-refractivity contribution >= 4 is 41.1 Å². The minimum Gasteiger partial charge on any atom is -0.295 e. The number of carbonyl (C=O) groups excluding carboxylic acids is 3. The van der Waals surface area contributed by atoms with Gasteiger partial charge < -0.3 is 0 Å². The van der Waals surface area contributed by atoms with E-state index in [9.17, 15) is 24.5 Å². The van der Waals surface area contributed by atoms with E-state index in [1.807, 2.05) is 6.92 Å². The van der Waals surface area contributed by atoms with Crippen molar-refractivity contribution in [3.63, 3.8) is 0 Å². The van der Waals surface area contributed by atoms with Crippen LogP contribution in [0.3, 0.4) is 0 Å². The largest absolute Gasteiger partial charge is 0.295 e. The SMILES string of the molecule is CCSc1n[nH]c(NC(=O)CCCN2C(=O)c3ccc([N+](=O)[O-])cc3C2=O)n1. The molecule has 12 heteroatoms. The predicted molar refractivity (Wildman–Crippen MR) is 99.1 cm³/mol. The van der Waals surface area contributed by atoms with Crippen LogP contribution < -0.4 is 5.32 Å². The Morgan fingerprint density at radius 1 is 1.32 bits per heavy atom. The summed E-state index contributed by atoms with van der Waals surface area (Å²) in [6.07, 6.45) is 0.300. The van der Waals surface area contributed by atoms with Crippen molar-refractivity contribution in [1.82, 2.24) is 20.1 Å². The lowest BCUT2D eigenvalue weighted by molar-refractivity contribution is -0.384. The summed E-state index contributed by atoms with van der Waals surface area (Å²) in [6, 6.07) is 3.55. The van der Waals surface area contributed by atoms with Crippen LogP contribution in [0.5, 0.6) is 0 Å². The summed E-state index contributed by atoms with van der Waals surface area (Å²) in [4.78, 5) is 52.0. The van der Waals surface area contributed by atoms with E-state index in [0.29, 0.717) is 5.16 Å². The van der Waals surface area contributed by atoms with Crippen LogP contribution in [0.4, 0.5) is 11.6 Å². The third-order valence-corrected chi connectivity index (χ3v) is 4.68. The zero-order chi connectivity index (χ0) is 20.3. The smallest absolute Gasteiger partial charge is 0.270 e. The van der Waals surface area contributed by atoms with Crippen molar-refractivity contribution in [3.05, 3.63) is 39.4 Å². The van der Waals surface area contributed by atoms with Crippen molar-refractivity contribution in [2.24, 2.45) is 0 Å². The van der Waals surface area contributed by atoms with Crippen LogP contribution in [0.2, 0.25) is 0 Å². The first kappa shape index (κ1) is 19.5. The molecule has 0 saturated heterocycles. The van der Waals surface area contributed by atoms with Crippen molar-refractivity contribution in [1.29, 1.82) is 0 Å². The Labute approximate surface area is 163 Å². The van der Waals surface area contributed by atoms with Crippen molar-refractivity contribution in [2.75, 3.05) is 17.6 Å². The maximum Gasteiger partial charge on any atom is 0.270 e. The summed E-state index contributed by atoms with van der Waals surface area (Å²) in [5.41, 5.74) is -0.122. The molecular weight excluding hydrogens is 388 g/mol. The average molecular weight is 404 g/mol. The van der Waals surface area contributed by atoms with E-state index in [-0.39, 0.29) is 48.1 Å². The first-order valence-corrected chi connectivity index (χ1v) is 9.39. The van der Waals surface area contributed by atoms with Crippen molar-refractivity contribution in [3.8, 4) is 0 Å². The van der Waals surface area contributed by atoms with Gasteiger partial charge in [-0.25, -0.2) is 5.10 Å². The van der Waals surface area contributed by atoms with Crippen LogP contribution in [0.15, 0.2) is 23.4 Å². The molecule has 11 nitrogen and oxygen atoms in total. The molecule has 3 amide bonds. The van der Waals surface area contributed by atoms with Gasteiger partial charge in [0, 0.05) is 25.1 Å². The van der Waals surface area contributed by atoms with Crippen LogP contribution >= 0.6 is 11.8 Å². The van der Waals surface area contributed by atoms with E-state index in [2.05, 4.69) is 20.5 Å². The van der Waals surface area contributed by atoms with Crippen molar-refractivity contribution in [2.45, 2.75) is 24.9 Å². The van der Waals surface area contributed by atoms with Gasteiger partial charge in [-0.2, -0.15) is 4.98 Å². The van der Waals surface area contributed by atoms with Gasteiger partial charge in [0.05, 0.1) is 16.1 Å². The molecule has 0 fully saturated rings. The number of anilines is 1. The zero-order valence-corrected chi connectivity index (χ0v) is 15.6. The number of hydrogen-bond donors (Lipinski definition) is 2. The summed E-state index contributed by atoms with van der Waals surface area (Å²) in [6.45, 7) is 1.98. The molecule has 1 aromatic carbocycles. The molecule has 0 spiro atoms. The number of imide groups is 1. The Morgan fingerprint density at radius 3 is 2.79 bits per heavy atom. The number of hydrogen-bond acceptors (Lipinski definition) is 8. The fourth-order valence-corrected chi connectivity index (χ4v) is 3.21.